The molecule has 0 aliphatic heterocycles. The summed E-state index contributed by atoms with van der Waals surface area (Å²) in [5.74, 6) is -2.26. The Bertz CT molecular complexity index is 731. The molecule has 0 spiro atoms. The van der Waals surface area contributed by atoms with Crippen molar-refractivity contribution in [3.05, 3.63) is 0 Å². The van der Waals surface area contributed by atoms with Gasteiger partial charge in [-0.3, -0.25) is 8.98 Å². The molecule has 186 valence electrons. The fourth-order valence-electron chi connectivity index (χ4n) is 3.38. The quantitative estimate of drug-likeness (QED) is 0.200. The first-order chi connectivity index (χ1) is 14.8. The summed E-state index contributed by atoms with van der Waals surface area (Å²) < 4.78 is 40.3. The highest BCUT2D eigenvalue weighted by atomic mass is 32.2. The number of hydrogen-bond acceptors (Lipinski definition) is 9. The van der Waals surface area contributed by atoms with E-state index in [2.05, 4.69) is 5.32 Å². The zero-order valence-corrected chi connectivity index (χ0v) is 19.7. The molecule has 12 heteroatoms. The third-order valence-corrected chi connectivity index (χ3v) is 6.71. The smallest absolute Gasteiger partial charge is 0.479 e. The molecule has 1 unspecified atom stereocenters. The maximum absolute atomic E-state index is 12.4. The number of carbonyl (C=O) groups excluding carboxylic acids is 2. The van der Waals surface area contributed by atoms with Gasteiger partial charge in [0.25, 0.3) is 10.1 Å². The number of nitrogens with one attached hydrogen (secondary N) is 1. The lowest BCUT2D eigenvalue weighted by Crippen LogP contribution is -2.47. The number of aliphatic hydroxyl groups is 1. The lowest BCUT2D eigenvalue weighted by Gasteiger charge is -2.35. The van der Waals surface area contributed by atoms with Crippen molar-refractivity contribution in [2.24, 2.45) is 5.41 Å². The van der Waals surface area contributed by atoms with Crippen LogP contribution in [-0.4, -0.2) is 73.9 Å². The first-order valence-electron chi connectivity index (χ1n) is 10.7. The van der Waals surface area contributed by atoms with E-state index in [0.717, 1.165) is 32.1 Å². The molecule has 0 heterocycles. The van der Waals surface area contributed by atoms with Gasteiger partial charge in [-0.1, -0.05) is 20.3 Å². The Hall–Kier alpha value is -1.92. The first-order valence-corrected chi connectivity index (χ1v) is 12.3. The lowest BCUT2D eigenvalue weighted by atomic mass is 9.79. The van der Waals surface area contributed by atoms with Crippen LogP contribution in [0, 0.1) is 5.41 Å². The van der Waals surface area contributed by atoms with E-state index in [1.165, 1.54) is 20.8 Å². The molecule has 1 aliphatic rings. The Kier molecular flexibility index (Phi) is 11.4. The van der Waals surface area contributed by atoms with Gasteiger partial charge in [0.05, 0.1) is 18.5 Å². The zero-order valence-electron chi connectivity index (χ0n) is 18.9. The number of aliphatic hydroxyl groups excluding tert-OH is 1. The number of rotatable bonds is 13. The summed E-state index contributed by atoms with van der Waals surface area (Å²) in [5.41, 5.74) is -1.52. The van der Waals surface area contributed by atoms with Gasteiger partial charge in [-0.25, -0.2) is 9.59 Å². The van der Waals surface area contributed by atoms with Crippen molar-refractivity contribution in [1.82, 2.24) is 5.32 Å². The Labute approximate surface area is 188 Å². The van der Waals surface area contributed by atoms with E-state index in [0.29, 0.717) is 0 Å². The molecule has 2 atom stereocenters. The highest BCUT2D eigenvalue weighted by molar-refractivity contribution is 7.86. The molecular formula is C20H35NO10S. The molecule has 1 fully saturated rings. The summed E-state index contributed by atoms with van der Waals surface area (Å²) in [5, 5.41) is 21.7. The number of hydrogen-bond donors (Lipinski definition) is 3. The van der Waals surface area contributed by atoms with Gasteiger partial charge in [-0.15, -0.1) is 0 Å². The second-order valence-corrected chi connectivity index (χ2v) is 10.2. The minimum atomic E-state index is -4.12. The molecule has 0 aromatic carbocycles. The monoisotopic (exact) mass is 481 g/mol. The highest BCUT2D eigenvalue weighted by Crippen LogP contribution is 2.32. The van der Waals surface area contributed by atoms with Gasteiger partial charge in [-0.2, -0.15) is 8.42 Å². The second-order valence-electron chi connectivity index (χ2n) is 8.51. The van der Waals surface area contributed by atoms with Crippen LogP contribution in [0.3, 0.4) is 0 Å². The van der Waals surface area contributed by atoms with Crippen LogP contribution in [0.5, 0.6) is 0 Å². The molecule has 0 saturated heterocycles. The average molecular weight is 482 g/mol. The average Bonchev–Trinajstić information content (AvgIpc) is 2.70. The molecule has 1 rings (SSSR count). The van der Waals surface area contributed by atoms with Gasteiger partial charge in [-0.05, 0) is 32.1 Å². The summed E-state index contributed by atoms with van der Waals surface area (Å²) in [4.78, 5) is 34.1. The SMILES string of the molecule is CC(=O)NCCCS(=O)(=O)OC(CCOC(=O)OC1CCCCC1)C(C)(C)[C@@H](O)C(=O)O. The Morgan fingerprint density at radius 1 is 1.16 bits per heavy atom. The Morgan fingerprint density at radius 2 is 1.78 bits per heavy atom. The number of amides is 1. The predicted molar refractivity (Wildman–Crippen MR) is 113 cm³/mol. The van der Waals surface area contributed by atoms with Crippen LogP contribution in [0.25, 0.3) is 0 Å². The molecule has 1 aliphatic carbocycles. The fraction of sp³-hybridized carbons (Fsp3) is 0.850. The topological polar surface area (TPSA) is 166 Å². The van der Waals surface area contributed by atoms with E-state index in [1.54, 1.807) is 0 Å². The van der Waals surface area contributed by atoms with Crippen molar-refractivity contribution in [3.8, 4) is 0 Å². The summed E-state index contributed by atoms with van der Waals surface area (Å²) in [7, 11) is -4.12. The molecule has 0 aromatic heterocycles. The van der Waals surface area contributed by atoms with Crippen LogP contribution in [0.15, 0.2) is 0 Å². The predicted octanol–water partition coefficient (Wildman–Crippen LogP) is 1.58. The third-order valence-electron chi connectivity index (χ3n) is 5.39. The number of aliphatic carboxylic acids is 1. The lowest BCUT2D eigenvalue weighted by molar-refractivity contribution is -0.158. The van der Waals surface area contributed by atoms with E-state index in [1.807, 2.05) is 0 Å². The van der Waals surface area contributed by atoms with Crippen molar-refractivity contribution in [3.63, 3.8) is 0 Å². The minimum absolute atomic E-state index is 0.0841. The van der Waals surface area contributed by atoms with E-state index < -0.39 is 45.6 Å². The van der Waals surface area contributed by atoms with Crippen LogP contribution in [0.4, 0.5) is 4.79 Å². The molecule has 0 radical (unpaired) electrons. The molecule has 0 bridgehead atoms. The fourth-order valence-corrected chi connectivity index (χ4v) is 4.67. The third kappa shape index (κ3) is 10.1. The largest absolute Gasteiger partial charge is 0.508 e. The van der Waals surface area contributed by atoms with Crippen LogP contribution in [-0.2, 0) is 33.4 Å². The Balaban J connectivity index is 2.72. The molecular weight excluding hydrogens is 446 g/mol. The molecule has 3 N–H and O–H groups in total. The normalized spacial score (nSPS) is 17.2. The van der Waals surface area contributed by atoms with Crippen LogP contribution in [0.1, 0.15) is 65.7 Å². The van der Waals surface area contributed by atoms with Gasteiger partial charge >= 0.3 is 12.1 Å². The highest BCUT2D eigenvalue weighted by Gasteiger charge is 2.43. The van der Waals surface area contributed by atoms with Crippen LogP contribution in [0.2, 0.25) is 0 Å². The second kappa shape index (κ2) is 12.9. The minimum Gasteiger partial charge on any atom is -0.479 e. The first kappa shape index (κ1) is 28.1. The van der Waals surface area contributed by atoms with Gasteiger partial charge in [0.2, 0.25) is 5.91 Å². The van der Waals surface area contributed by atoms with Crippen molar-refractivity contribution in [1.29, 1.82) is 0 Å². The number of carbonyl (C=O) groups is 3. The van der Waals surface area contributed by atoms with E-state index in [9.17, 15) is 33.0 Å². The maximum Gasteiger partial charge on any atom is 0.508 e. The van der Waals surface area contributed by atoms with E-state index >= 15 is 0 Å². The van der Waals surface area contributed by atoms with Gasteiger partial charge in [0.15, 0.2) is 6.10 Å². The van der Waals surface area contributed by atoms with E-state index in [4.69, 9.17) is 13.7 Å². The molecule has 0 aromatic rings. The molecule has 11 nitrogen and oxygen atoms in total. The van der Waals surface area contributed by atoms with Crippen molar-refractivity contribution in [2.45, 2.75) is 84.0 Å². The standard InChI is InChI=1S/C20H35NO10S/c1-14(22)21-11-7-13-32(27,28)31-16(20(2,3)17(23)18(24)25)10-12-29-19(26)30-15-8-5-4-6-9-15/h15-17,23H,4-13H2,1-3H3,(H,21,22)(H,24,25)/t16?,17-/m0/s1. The van der Waals surface area contributed by atoms with E-state index in [-0.39, 0.29) is 38.0 Å². The van der Waals surface area contributed by atoms with Crippen LogP contribution < -0.4 is 5.32 Å². The Morgan fingerprint density at radius 3 is 2.34 bits per heavy atom. The van der Waals surface area contributed by atoms with Gasteiger partial charge in [0.1, 0.15) is 6.10 Å². The molecule has 1 saturated carbocycles. The summed E-state index contributed by atoms with van der Waals surface area (Å²) in [6.45, 7) is 3.84. The zero-order chi connectivity index (χ0) is 24.4. The van der Waals surface area contributed by atoms with Crippen molar-refractivity contribution >= 4 is 28.1 Å². The van der Waals surface area contributed by atoms with Gasteiger partial charge < -0.3 is 25.0 Å². The summed E-state index contributed by atoms with van der Waals surface area (Å²) >= 11 is 0. The summed E-state index contributed by atoms with van der Waals surface area (Å²) in [6, 6.07) is 0. The maximum atomic E-state index is 12.4. The van der Waals surface area contributed by atoms with Crippen LogP contribution >= 0.6 is 0 Å². The van der Waals surface area contributed by atoms with Crippen molar-refractivity contribution < 1.29 is 46.7 Å². The molecule has 1 amide bonds. The molecule has 32 heavy (non-hydrogen) atoms. The number of carboxylic acids is 1. The summed E-state index contributed by atoms with van der Waals surface area (Å²) in [6.07, 6.45) is 0.145. The van der Waals surface area contributed by atoms with Gasteiger partial charge in [0, 0.05) is 25.3 Å². The number of carboxylic acid groups (broad SMARTS) is 1. The van der Waals surface area contributed by atoms with Crippen molar-refractivity contribution in [2.75, 3.05) is 18.9 Å². The number of ether oxygens (including phenoxy) is 2.